The highest BCUT2D eigenvalue weighted by molar-refractivity contribution is 6.53. The summed E-state index contributed by atoms with van der Waals surface area (Å²) in [5.41, 5.74) is 3.86. The van der Waals surface area contributed by atoms with Gasteiger partial charge in [-0.3, -0.25) is 0 Å². The minimum atomic E-state index is 0.660. The second-order valence-corrected chi connectivity index (χ2v) is 7.57. The molecule has 0 atom stereocenters. The Kier molecular flexibility index (Phi) is 9.02. The van der Waals surface area contributed by atoms with Gasteiger partial charge in [0.15, 0.2) is 0 Å². The fraction of sp³-hybridized carbons (Fsp3) is 0.259. The molecular formula is C27H29ClO4. The van der Waals surface area contributed by atoms with Gasteiger partial charge in [-0.1, -0.05) is 35.9 Å². The summed E-state index contributed by atoms with van der Waals surface area (Å²) in [5, 5.41) is 0.660. The van der Waals surface area contributed by atoms with Gasteiger partial charge in [0.1, 0.15) is 17.2 Å². The van der Waals surface area contributed by atoms with Gasteiger partial charge in [-0.2, -0.15) is 0 Å². The molecule has 1 heterocycles. The Labute approximate surface area is 195 Å². The maximum absolute atomic E-state index is 6.86. The molecule has 0 N–H and O–H groups in total. The maximum atomic E-state index is 6.86. The van der Waals surface area contributed by atoms with Gasteiger partial charge >= 0.3 is 0 Å². The van der Waals surface area contributed by atoms with E-state index in [1.54, 1.807) is 21.3 Å². The largest absolute Gasteiger partial charge is 0.497 e. The molecule has 168 valence electrons. The van der Waals surface area contributed by atoms with Gasteiger partial charge in [-0.25, -0.2) is 0 Å². The molecule has 0 aromatic heterocycles. The summed E-state index contributed by atoms with van der Waals surface area (Å²) in [6.45, 7) is 2.00. The van der Waals surface area contributed by atoms with E-state index >= 15 is 0 Å². The van der Waals surface area contributed by atoms with Crippen LogP contribution in [0.4, 0.5) is 0 Å². The van der Waals surface area contributed by atoms with Crippen LogP contribution in [-0.2, 0) is 4.74 Å². The molecule has 3 aromatic carbocycles. The number of rotatable bonds is 6. The Hall–Kier alpha value is -2.95. The fourth-order valence-corrected chi connectivity index (χ4v) is 3.67. The molecule has 0 saturated carbocycles. The molecule has 1 fully saturated rings. The van der Waals surface area contributed by atoms with E-state index < -0.39 is 0 Å². The first-order chi connectivity index (χ1) is 15.7. The van der Waals surface area contributed by atoms with Crippen LogP contribution in [0.3, 0.4) is 0 Å². The second kappa shape index (κ2) is 12.2. The Morgan fingerprint density at radius 1 is 0.594 bits per heavy atom. The molecule has 1 aliphatic heterocycles. The molecule has 4 rings (SSSR count). The predicted molar refractivity (Wildman–Crippen MR) is 131 cm³/mol. The molecule has 5 heteroatoms. The van der Waals surface area contributed by atoms with Crippen molar-refractivity contribution in [3.8, 4) is 17.2 Å². The summed E-state index contributed by atoms with van der Waals surface area (Å²) < 4.78 is 20.7. The average Bonchev–Trinajstić information content (AvgIpc) is 3.45. The van der Waals surface area contributed by atoms with Crippen LogP contribution in [0.15, 0.2) is 72.8 Å². The third kappa shape index (κ3) is 6.28. The van der Waals surface area contributed by atoms with Crippen molar-refractivity contribution in [2.75, 3.05) is 34.5 Å². The standard InChI is InChI=1S/C23H21ClO3.C4H8O/c1-25-19-10-4-16(5-11-19)22(17-6-12-20(26-2)13-7-17)23(24)18-8-14-21(27-3)15-9-18;1-2-4-5-3-1/h4-15H,1-3H3;1-4H2. The third-order valence-electron chi connectivity index (χ3n) is 5.15. The minimum absolute atomic E-state index is 0.660. The van der Waals surface area contributed by atoms with Crippen LogP contribution in [-0.4, -0.2) is 34.5 Å². The van der Waals surface area contributed by atoms with Crippen molar-refractivity contribution in [1.29, 1.82) is 0 Å². The van der Waals surface area contributed by atoms with Crippen LogP contribution in [0.1, 0.15) is 29.5 Å². The Balaban J connectivity index is 0.000000509. The fourth-order valence-electron chi connectivity index (χ4n) is 3.33. The SMILES string of the molecule is C1CCOC1.COc1ccc(C(Cl)=C(c2ccc(OC)cc2)c2ccc(OC)cc2)cc1. The van der Waals surface area contributed by atoms with Crippen molar-refractivity contribution in [3.63, 3.8) is 0 Å². The highest BCUT2D eigenvalue weighted by Crippen LogP contribution is 2.36. The molecule has 32 heavy (non-hydrogen) atoms. The van der Waals surface area contributed by atoms with Gasteiger partial charge < -0.3 is 18.9 Å². The summed E-state index contributed by atoms with van der Waals surface area (Å²) in [4.78, 5) is 0. The van der Waals surface area contributed by atoms with Crippen LogP contribution < -0.4 is 14.2 Å². The third-order valence-corrected chi connectivity index (χ3v) is 5.55. The normalized spacial score (nSPS) is 12.4. The number of ether oxygens (including phenoxy) is 4. The van der Waals surface area contributed by atoms with E-state index in [-0.39, 0.29) is 0 Å². The minimum Gasteiger partial charge on any atom is -0.497 e. The molecule has 0 spiro atoms. The second-order valence-electron chi connectivity index (χ2n) is 7.19. The van der Waals surface area contributed by atoms with Crippen molar-refractivity contribution < 1.29 is 18.9 Å². The smallest absolute Gasteiger partial charge is 0.118 e. The van der Waals surface area contributed by atoms with Crippen molar-refractivity contribution >= 4 is 22.2 Å². The molecule has 0 bridgehead atoms. The highest BCUT2D eigenvalue weighted by Gasteiger charge is 2.13. The monoisotopic (exact) mass is 452 g/mol. The van der Waals surface area contributed by atoms with E-state index in [2.05, 4.69) is 0 Å². The molecule has 1 saturated heterocycles. The zero-order valence-electron chi connectivity index (χ0n) is 18.8. The average molecular weight is 453 g/mol. The maximum Gasteiger partial charge on any atom is 0.118 e. The van der Waals surface area contributed by atoms with Crippen molar-refractivity contribution in [1.82, 2.24) is 0 Å². The van der Waals surface area contributed by atoms with Gasteiger partial charge in [0.05, 0.1) is 26.4 Å². The van der Waals surface area contributed by atoms with Crippen LogP contribution in [0.25, 0.3) is 10.6 Å². The van der Waals surface area contributed by atoms with Crippen LogP contribution >= 0.6 is 11.6 Å². The van der Waals surface area contributed by atoms with Gasteiger partial charge in [-0.05, 0) is 78.1 Å². The molecule has 0 amide bonds. The Morgan fingerprint density at radius 3 is 1.22 bits per heavy atom. The summed E-state index contributed by atoms with van der Waals surface area (Å²) in [7, 11) is 4.95. The van der Waals surface area contributed by atoms with E-state index in [0.29, 0.717) is 5.03 Å². The van der Waals surface area contributed by atoms with Crippen LogP contribution in [0.2, 0.25) is 0 Å². The molecule has 0 aliphatic carbocycles. The topological polar surface area (TPSA) is 36.9 Å². The number of halogens is 1. The summed E-state index contributed by atoms with van der Waals surface area (Å²) in [6.07, 6.45) is 2.56. The molecule has 3 aromatic rings. The lowest BCUT2D eigenvalue weighted by atomic mass is 9.95. The first kappa shape index (κ1) is 23.7. The van der Waals surface area contributed by atoms with E-state index in [0.717, 1.165) is 52.7 Å². The van der Waals surface area contributed by atoms with E-state index in [1.165, 1.54) is 12.8 Å². The van der Waals surface area contributed by atoms with Gasteiger partial charge in [-0.15, -0.1) is 0 Å². The lowest BCUT2D eigenvalue weighted by Gasteiger charge is -2.14. The highest BCUT2D eigenvalue weighted by atomic mass is 35.5. The van der Waals surface area contributed by atoms with Crippen molar-refractivity contribution in [2.45, 2.75) is 12.8 Å². The number of hydrogen-bond acceptors (Lipinski definition) is 4. The zero-order valence-corrected chi connectivity index (χ0v) is 19.5. The van der Waals surface area contributed by atoms with Crippen molar-refractivity contribution in [3.05, 3.63) is 89.5 Å². The molecule has 1 aliphatic rings. The number of hydrogen-bond donors (Lipinski definition) is 0. The molecule has 4 nitrogen and oxygen atoms in total. The number of benzene rings is 3. The van der Waals surface area contributed by atoms with E-state index in [9.17, 15) is 0 Å². The van der Waals surface area contributed by atoms with Crippen molar-refractivity contribution in [2.24, 2.45) is 0 Å². The Bertz CT molecular complexity index is 932. The summed E-state index contributed by atoms with van der Waals surface area (Å²) >= 11 is 6.86. The van der Waals surface area contributed by atoms with Gasteiger partial charge in [0, 0.05) is 18.8 Å². The van der Waals surface area contributed by atoms with E-state index in [4.69, 9.17) is 30.5 Å². The lowest BCUT2D eigenvalue weighted by Crippen LogP contribution is -1.93. The summed E-state index contributed by atoms with van der Waals surface area (Å²) in [5.74, 6) is 2.39. The first-order valence-corrected chi connectivity index (χ1v) is 10.9. The summed E-state index contributed by atoms with van der Waals surface area (Å²) in [6, 6.07) is 23.4. The number of methoxy groups -OCH3 is 3. The van der Waals surface area contributed by atoms with Gasteiger partial charge in [0.2, 0.25) is 0 Å². The quantitative estimate of drug-likeness (QED) is 0.391. The van der Waals surface area contributed by atoms with Gasteiger partial charge in [0.25, 0.3) is 0 Å². The van der Waals surface area contributed by atoms with Crippen LogP contribution in [0, 0.1) is 0 Å². The van der Waals surface area contributed by atoms with E-state index in [1.807, 2.05) is 72.8 Å². The van der Waals surface area contributed by atoms with Crippen LogP contribution in [0.5, 0.6) is 17.2 Å². The predicted octanol–water partition coefficient (Wildman–Crippen LogP) is 6.66. The zero-order chi connectivity index (χ0) is 22.8. The first-order valence-electron chi connectivity index (χ1n) is 10.6. The molecular weight excluding hydrogens is 424 g/mol. The molecule has 0 radical (unpaired) electrons. The Morgan fingerprint density at radius 2 is 0.938 bits per heavy atom. The lowest BCUT2D eigenvalue weighted by molar-refractivity contribution is 0.198. The molecule has 0 unspecified atom stereocenters.